The highest BCUT2D eigenvalue weighted by atomic mass is 35.5. The lowest BCUT2D eigenvalue weighted by Crippen LogP contribution is -2.26. The highest BCUT2D eigenvalue weighted by molar-refractivity contribution is 6.33. The van der Waals surface area contributed by atoms with Crippen LogP contribution >= 0.6 is 11.6 Å². The van der Waals surface area contributed by atoms with Crippen molar-refractivity contribution in [2.24, 2.45) is 0 Å². The summed E-state index contributed by atoms with van der Waals surface area (Å²) >= 11 is 6.00. The minimum absolute atomic E-state index is 0.154. The minimum atomic E-state index is -0.154. The van der Waals surface area contributed by atoms with Crippen molar-refractivity contribution in [1.29, 1.82) is 0 Å². The summed E-state index contributed by atoms with van der Waals surface area (Å²) in [5, 5.41) is 0.409. The fourth-order valence-electron chi connectivity index (χ4n) is 1.82. The molecule has 5 heteroatoms. The lowest BCUT2D eigenvalue weighted by atomic mass is 10.2. The molecule has 104 valence electrons. The van der Waals surface area contributed by atoms with E-state index in [4.69, 9.17) is 16.3 Å². The summed E-state index contributed by atoms with van der Waals surface area (Å²) in [5.41, 5.74) is 1.42. The first kappa shape index (κ1) is 14.3. The van der Waals surface area contributed by atoms with Gasteiger partial charge in [-0.2, -0.15) is 0 Å². The molecule has 1 amide bonds. The average molecular weight is 291 g/mol. The van der Waals surface area contributed by atoms with Crippen LogP contribution in [-0.2, 0) is 6.54 Å². The fourth-order valence-corrected chi connectivity index (χ4v) is 2.00. The lowest BCUT2D eigenvalue weighted by molar-refractivity contribution is 0.0785. The molecule has 1 heterocycles. The molecule has 0 saturated heterocycles. The number of ether oxygens (including phenoxy) is 1. The van der Waals surface area contributed by atoms with Crippen molar-refractivity contribution in [1.82, 2.24) is 9.88 Å². The maximum absolute atomic E-state index is 12.3. The van der Waals surface area contributed by atoms with E-state index in [2.05, 4.69) is 4.98 Å². The number of benzene rings is 1. The van der Waals surface area contributed by atoms with Crippen molar-refractivity contribution < 1.29 is 9.53 Å². The second-order valence-corrected chi connectivity index (χ2v) is 4.77. The first-order chi connectivity index (χ1) is 9.61. The van der Waals surface area contributed by atoms with Gasteiger partial charge in [0.1, 0.15) is 5.75 Å². The Morgan fingerprint density at radius 3 is 2.60 bits per heavy atom. The number of hydrogen-bond donors (Lipinski definition) is 0. The molecule has 0 bridgehead atoms. The molecular weight excluding hydrogens is 276 g/mol. The van der Waals surface area contributed by atoms with Crippen LogP contribution in [0.4, 0.5) is 0 Å². The average Bonchev–Trinajstić information content (AvgIpc) is 2.48. The van der Waals surface area contributed by atoms with Gasteiger partial charge in [0, 0.05) is 26.0 Å². The molecule has 0 aliphatic carbocycles. The van der Waals surface area contributed by atoms with E-state index in [1.54, 1.807) is 31.3 Å². The molecule has 0 atom stereocenters. The van der Waals surface area contributed by atoms with Crippen molar-refractivity contribution in [2.45, 2.75) is 6.54 Å². The van der Waals surface area contributed by atoms with Crippen LogP contribution in [0.3, 0.4) is 0 Å². The summed E-state index contributed by atoms with van der Waals surface area (Å²) in [7, 11) is 3.35. The van der Waals surface area contributed by atoms with Gasteiger partial charge in [-0.3, -0.25) is 9.78 Å². The Hall–Kier alpha value is -2.07. The normalized spacial score (nSPS) is 10.2. The number of carbonyl (C=O) groups excluding carboxylic acids is 1. The molecule has 0 spiro atoms. The monoisotopic (exact) mass is 290 g/mol. The number of methoxy groups -OCH3 is 1. The number of rotatable bonds is 4. The summed E-state index contributed by atoms with van der Waals surface area (Å²) < 4.78 is 5.10. The summed E-state index contributed by atoms with van der Waals surface area (Å²) in [6.45, 7) is 0.494. The molecular formula is C15H15ClN2O2. The second-order valence-electron chi connectivity index (χ2n) is 4.36. The summed E-state index contributed by atoms with van der Waals surface area (Å²) in [6.07, 6.45) is 3.04. The maximum atomic E-state index is 12.3. The molecule has 0 aliphatic heterocycles. The van der Waals surface area contributed by atoms with E-state index in [-0.39, 0.29) is 5.91 Å². The predicted molar refractivity (Wildman–Crippen MR) is 78.0 cm³/mol. The molecule has 0 fully saturated rings. The molecule has 0 radical (unpaired) electrons. The third kappa shape index (κ3) is 3.27. The van der Waals surface area contributed by atoms with E-state index in [1.165, 1.54) is 6.20 Å². The summed E-state index contributed by atoms with van der Waals surface area (Å²) in [4.78, 5) is 17.8. The molecule has 2 rings (SSSR count). The number of nitrogens with zero attached hydrogens (tertiary/aromatic N) is 2. The highest BCUT2D eigenvalue weighted by Crippen LogP contribution is 2.17. The quantitative estimate of drug-likeness (QED) is 0.869. The van der Waals surface area contributed by atoms with Crippen LogP contribution in [0.15, 0.2) is 42.7 Å². The van der Waals surface area contributed by atoms with E-state index in [1.807, 2.05) is 24.3 Å². The number of aromatic nitrogens is 1. The number of halogens is 1. The molecule has 0 aliphatic rings. The van der Waals surface area contributed by atoms with Crippen molar-refractivity contribution in [3.8, 4) is 5.75 Å². The first-order valence-corrected chi connectivity index (χ1v) is 6.47. The smallest absolute Gasteiger partial charge is 0.256 e. The van der Waals surface area contributed by atoms with Gasteiger partial charge in [-0.05, 0) is 23.8 Å². The van der Waals surface area contributed by atoms with E-state index in [9.17, 15) is 4.79 Å². The van der Waals surface area contributed by atoms with Crippen LogP contribution in [0.2, 0.25) is 5.02 Å². The topological polar surface area (TPSA) is 42.4 Å². The van der Waals surface area contributed by atoms with Crippen LogP contribution in [0.1, 0.15) is 15.9 Å². The number of hydrogen-bond acceptors (Lipinski definition) is 3. The molecule has 0 N–H and O–H groups in total. The van der Waals surface area contributed by atoms with Gasteiger partial charge < -0.3 is 9.64 Å². The Labute approximate surface area is 123 Å². The Bertz CT molecular complexity index is 599. The zero-order valence-corrected chi connectivity index (χ0v) is 12.1. The summed E-state index contributed by atoms with van der Waals surface area (Å²) in [5.74, 6) is 0.636. The second kappa shape index (κ2) is 6.39. The standard InChI is InChI=1S/C15H15ClN2O2/c1-18(10-11-3-5-12(20-2)6-4-11)15(19)13-9-17-8-7-14(13)16/h3-9H,10H2,1-2H3. The Morgan fingerprint density at radius 2 is 2.00 bits per heavy atom. The third-order valence-electron chi connectivity index (χ3n) is 2.92. The van der Waals surface area contributed by atoms with Gasteiger partial charge in [-0.1, -0.05) is 23.7 Å². The molecule has 4 nitrogen and oxygen atoms in total. The number of pyridine rings is 1. The van der Waals surface area contributed by atoms with Gasteiger partial charge in [-0.15, -0.1) is 0 Å². The first-order valence-electron chi connectivity index (χ1n) is 6.09. The minimum Gasteiger partial charge on any atom is -0.497 e. The van der Waals surface area contributed by atoms with Crippen molar-refractivity contribution in [3.05, 3.63) is 58.9 Å². The number of amides is 1. The van der Waals surface area contributed by atoms with Crippen LogP contribution in [0.5, 0.6) is 5.75 Å². The predicted octanol–water partition coefficient (Wildman–Crippen LogP) is 3.02. The zero-order valence-electron chi connectivity index (χ0n) is 11.3. The molecule has 0 unspecified atom stereocenters. The SMILES string of the molecule is COc1ccc(CN(C)C(=O)c2cnccc2Cl)cc1. The lowest BCUT2D eigenvalue weighted by Gasteiger charge is -2.18. The van der Waals surface area contributed by atoms with E-state index in [0.29, 0.717) is 17.1 Å². The number of carbonyl (C=O) groups is 1. The van der Waals surface area contributed by atoms with E-state index >= 15 is 0 Å². The van der Waals surface area contributed by atoms with Crippen LogP contribution in [0, 0.1) is 0 Å². The van der Waals surface area contributed by atoms with Gasteiger partial charge >= 0.3 is 0 Å². The van der Waals surface area contributed by atoms with Gasteiger partial charge in [0.25, 0.3) is 5.91 Å². The molecule has 0 saturated carbocycles. The molecule has 2 aromatic rings. The molecule has 20 heavy (non-hydrogen) atoms. The zero-order chi connectivity index (χ0) is 14.5. The van der Waals surface area contributed by atoms with Crippen LogP contribution in [-0.4, -0.2) is 29.9 Å². The van der Waals surface area contributed by atoms with Gasteiger partial charge in [0.05, 0.1) is 17.7 Å². The Kier molecular flexibility index (Phi) is 4.58. The van der Waals surface area contributed by atoms with Gasteiger partial charge in [0.15, 0.2) is 0 Å². The Balaban J connectivity index is 2.09. The van der Waals surface area contributed by atoms with Crippen molar-refractivity contribution in [3.63, 3.8) is 0 Å². The van der Waals surface area contributed by atoms with E-state index in [0.717, 1.165) is 11.3 Å². The van der Waals surface area contributed by atoms with Crippen molar-refractivity contribution in [2.75, 3.05) is 14.2 Å². The molecule has 1 aromatic heterocycles. The Morgan fingerprint density at radius 1 is 1.30 bits per heavy atom. The summed E-state index contributed by atoms with van der Waals surface area (Å²) in [6, 6.07) is 9.19. The van der Waals surface area contributed by atoms with Crippen LogP contribution < -0.4 is 4.74 Å². The van der Waals surface area contributed by atoms with Crippen molar-refractivity contribution >= 4 is 17.5 Å². The highest BCUT2D eigenvalue weighted by Gasteiger charge is 2.15. The van der Waals surface area contributed by atoms with Crippen LogP contribution in [0.25, 0.3) is 0 Å². The maximum Gasteiger partial charge on any atom is 0.256 e. The third-order valence-corrected chi connectivity index (χ3v) is 3.25. The largest absolute Gasteiger partial charge is 0.497 e. The van der Waals surface area contributed by atoms with E-state index < -0.39 is 0 Å². The van der Waals surface area contributed by atoms with Gasteiger partial charge in [0.2, 0.25) is 0 Å². The fraction of sp³-hybridized carbons (Fsp3) is 0.200. The van der Waals surface area contributed by atoms with Gasteiger partial charge in [-0.25, -0.2) is 0 Å². The molecule has 1 aromatic carbocycles.